The van der Waals surface area contributed by atoms with Gasteiger partial charge in [-0.2, -0.15) is 0 Å². The zero-order valence-corrected chi connectivity index (χ0v) is 14.7. The van der Waals surface area contributed by atoms with Gasteiger partial charge in [0, 0.05) is 11.1 Å². The number of esters is 1. The minimum absolute atomic E-state index is 0.0186. The highest BCUT2D eigenvalue weighted by Gasteiger charge is 2.21. The van der Waals surface area contributed by atoms with E-state index in [1.807, 2.05) is 25.1 Å². The number of fused-ring (bicyclic) bond motifs is 1. The van der Waals surface area contributed by atoms with E-state index in [0.717, 1.165) is 29.2 Å². The molecule has 2 N–H and O–H groups in total. The van der Waals surface area contributed by atoms with Crippen molar-refractivity contribution in [3.63, 3.8) is 0 Å². The first-order valence-corrected chi connectivity index (χ1v) is 8.59. The summed E-state index contributed by atoms with van der Waals surface area (Å²) in [7, 11) is 0. The van der Waals surface area contributed by atoms with Crippen LogP contribution in [0, 0.1) is 6.92 Å². The molecule has 132 valence electrons. The van der Waals surface area contributed by atoms with Gasteiger partial charge in [0.1, 0.15) is 19.0 Å². The minimum atomic E-state index is -0.171. The number of carbonyl (C=O) groups excluding carboxylic acids is 1. The molecule has 0 radical (unpaired) electrons. The number of aryl methyl sites for hydroxylation is 1. The molecule has 1 aliphatic heterocycles. The quantitative estimate of drug-likeness (QED) is 0.785. The Balaban J connectivity index is 1.70. The number of rotatable bonds is 7. The van der Waals surface area contributed by atoms with Crippen LogP contribution in [-0.4, -0.2) is 19.4 Å². The number of benzene rings is 2. The van der Waals surface area contributed by atoms with Crippen LogP contribution >= 0.6 is 0 Å². The molecule has 2 aromatic rings. The Morgan fingerprint density at radius 2 is 1.92 bits per heavy atom. The molecule has 2 aromatic carbocycles. The molecule has 0 unspecified atom stereocenters. The molecule has 0 bridgehead atoms. The summed E-state index contributed by atoms with van der Waals surface area (Å²) in [5.41, 5.74) is 3.46. The van der Waals surface area contributed by atoms with Crippen LogP contribution in [0.3, 0.4) is 0 Å². The van der Waals surface area contributed by atoms with E-state index >= 15 is 0 Å². The highest BCUT2D eigenvalue weighted by Crippen LogP contribution is 2.32. The summed E-state index contributed by atoms with van der Waals surface area (Å²) >= 11 is 0. The van der Waals surface area contributed by atoms with Crippen molar-refractivity contribution in [2.75, 3.05) is 13.4 Å². The van der Waals surface area contributed by atoms with E-state index in [4.69, 9.17) is 14.2 Å². The van der Waals surface area contributed by atoms with Crippen LogP contribution in [0.5, 0.6) is 11.5 Å². The zero-order valence-electron chi connectivity index (χ0n) is 14.7. The lowest BCUT2D eigenvalue weighted by Crippen LogP contribution is -2.84. The molecular weight excluding hydrogens is 318 g/mol. The molecule has 25 heavy (non-hydrogen) atoms. The van der Waals surface area contributed by atoms with Crippen molar-refractivity contribution in [1.82, 2.24) is 0 Å². The standard InChI is InChI=1S/C20H23NO4/c1-3-23-20(22)11-17(16-7-4-14(2)5-8-16)21-12-15-6-9-18-19(10-15)25-13-24-18/h4-10,17,21H,3,11-13H2,1-2H3/p+1/t17-/m1/s1. The average Bonchev–Trinajstić information content (AvgIpc) is 3.07. The Labute approximate surface area is 147 Å². The topological polar surface area (TPSA) is 61.4 Å². The number of hydrogen-bond acceptors (Lipinski definition) is 4. The first-order valence-electron chi connectivity index (χ1n) is 8.59. The van der Waals surface area contributed by atoms with Gasteiger partial charge in [0.2, 0.25) is 6.79 Å². The number of hydrogen-bond donors (Lipinski definition) is 1. The third kappa shape index (κ3) is 4.51. The van der Waals surface area contributed by atoms with Crippen molar-refractivity contribution in [3.05, 3.63) is 59.2 Å². The van der Waals surface area contributed by atoms with Gasteiger partial charge in [0.15, 0.2) is 11.5 Å². The smallest absolute Gasteiger partial charge is 0.312 e. The molecule has 0 aromatic heterocycles. The maximum absolute atomic E-state index is 12.0. The zero-order chi connectivity index (χ0) is 17.6. The number of ether oxygens (including phenoxy) is 3. The average molecular weight is 342 g/mol. The van der Waals surface area contributed by atoms with Gasteiger partial charge >= 0.3 is 5.97 Å². The molecule has 0 amide bonds. The van der Waals surface area contributed by atoms with Gasteiger partial charge < -0.3 is 19.5 Å². The summed E-state index contributed by atoms with van der Waals surface area (Å²) in [4.78, 5) is 12.0. The van der Waals surface area contributed by atoms with Crippen molar-refractivity contribution in [2.24, 2.45) is 0 Å². The lowest BCUT2D eigenvalue weighted by atomic mass is 10.0. The van der Waals surface area contributed by atoms with Crippen LogP contribution in [0.4, 0.5) is 0 Å². The molecule has 0 spiro atoms. The summed E-state index contributed by atoms with van der Waals surface area (Å²) in [6, 6.07) is 14.3. The Bertz CT molecular complexity index is 727. The summed E-state index contributed by atoms with van der Waals surface area (Å²) in [5, 5.41) is 2.17. The number of carbonyl (C=O) groups is 1. The summed E-state index contributed by atoms with van der Waals surface area (Å²) in [5.74, 6) is 1.39. The Morgan fingerprint density at radius 3 is 2.68 bits per heavy atom. The van der Waals surface area contributed by atoms with Crippen LogP contribution < -0.4 is 14.8 Å². The van der Waals surface area contributed by atoms with E-state index in [0.29, 0.717) is 13.0 Å². The van der Waals surface area contributed by atoms with Crippen LogP contribution in [0.2, 0.25) is 0 Å². The van der Waals surface area contributed by atoms with E-state index in [1.54, 1.807) is 0 Å². The molecule has 1 heterocycles. The normalized spacial score (nSPS) is 13.5. The fraction of sp³-hybridized carbons (Fsp3) is 0.350. The Kier molecular flexibility index (Phi) is 5.56. The second-order valence-electron chi connectivity index (χ2n) is 6.15. The van der Waals surface area contributed by atoms with Crippen LogP contribution in [-0.2, 0) is 16.1 Å². The largest absolute Gasteiger partial charge is 0.466 e. The highest BCUT2D eigenvalue weighted by molar-refractivity contribution is 5.70. The molecule has 1 aliphatic rings. The fourth-order valence-electron chi connectivity index (χ4n) is 2.90. The summed E-state index contributed by atoms with van der Waals surface area (Å²) in [6.45, 7) is 5.31. The van der Waals surface area contributed by atoms with Crippen LogP contribution in [0.15, 0.2) is 42.5 Å². The monoisotopic (exact) mass is 342 g/mol. The van der Waals surface area contributed by atoms with Crippen LogP contribution in [0.25, 0.3) is 0 Å². The van der Waals surface area contributed by atoms with Crippen molar-refractivity contribution in [1.29, 1.82) is 0 Å². The van der Waals surface area contributed by atoms with Crippen molar-refractivity contribution >= 4 is 5.97 Å². The third-order valence-corrected chi connectivity index (χ3v) is 4.27. The van der Waals surface area contributed by atoms with Crippen LogP contribution in [0.1, 0.15) is 36.1 Å². The maximum atomic E-state index is 12.0. The molecule has 0 saturated carbocycles. The highest BCUT2D eigenvalue weighted by atomic mass is 16.7. The first-order chi connectivity index (χ1) is 12.2. The van der Waals surface area contributed by atoms with E-state index in [9.17, 15) is 4.79 Å². The van der Waals surface area contributed by atoms with Gasteiger partial charge in [0.25, 0.3) is 0 Å². The Hall–Kier alpha value is -2.53. The van der Waals surface area contributed by atoms with Crippen molar-refractivity contribution in [3.8, 4) is 11.5 Å². The lowest BCUT2D eigenvalue weighted by Gasteiger charge is -2.16. The SMILES string of the molecule is CCOC(=O)C[C@@H]([NH2+]Cc1ccc2c(c1)OCO2)c1ccc(C)cc1. The molecule has 3 rings (SSSR count). The second-order valence-corrected chi connectivity index (χ2v) is 6.15. The van der Waals surface area contributed by atoms with E-state index in [2.05, 4.69) is 36.5 Å². The molecule has 0 aliphatic carbocycles. The Morgan fingerprint density at radius 1 is 1.16 bits per heavy atom. The van der Waals surface area contributed by atoms with Gasteiger partial charge in [-0.05, 0) is 32.0 Å². The predicted molar refractivity (Wildman–Crippen MR) is 93.4 cm³/mol. The van der Waals surface area contributed by atoms with Gasteiger partial charge in [-0.3, -0.25) is 4.79 Å². The summed E-state index contributed by atoms with van der Waals surface area (Å²) in [6.07, 6.45) is 0.349. The number of nitrogens with two attached hydrogens (primary N) is 1. The predicted octanol–water partition coefficient (Wildman–Crippen LogP) is 2.48. The van der Waals surface area contributed by atoms with E-state index < -0.39 is 0 Å². The molecular formula is C20H24NO4+. The van der Waals surface area contributed by atoms with Gasteiger partial charge in [-0.15, -0.1) is 0 Å². The molecule has 5 heteroatoms. The molecule has 1 atom stereocenters. The molecule has 0 saturated heterocycles. The van der Waals surface area contributed by atoms with E-state index in [1.165, 1.54) is 5.56 Å². The van der Waals surface area contributed by atoms with Crippen molar-refractivity contribution < 1.29 is 24.3 Å². The second kappa shape index (κ2) is 8.03. The molecule has 0 fully saturated rings. The lowest BCUT2D eigenvalue weighted by molar-refractivity contribution is -0.710. The fourth-order valence-corrected chi connectivity index (χ4v) is 2.90. The maximum Gasteiger partial charge on any atom is 0.312 e. The van der Waals surface area contributed by atoms with Gasteiger partial charge in [-0.25, -0.2) is 0 Å². The van der Waals surface area contributed by atoms with Gasteiger partial charge in [0.05, 0.1) is 6.61 Å². The van der Waals surface area contributed by atoms with Gasteiger partial charge in [-0.1, -0.05) is 29.8 Å². The third-order valence-electron chi connectivity index (χ3n) is 4.27. The first kappa shape index (κ1) is 17.3. The minimum Gasteiger partial charge on any atom is -0.466 e. The molecule has 5 nitrogen and oxygen atoms in total. The number of quaternary nitrogens is 1. The van der Waals surface area contributed by atoms with E-state index in [-0.39, 0.29) is 18.8 Å². The summed E-state index contributed by atoms with van der Waals surface area (Å²) < 4.78 is 15.9. The van der Waals surface area contributed by atoms with Crippen molar-refractivity contribution in [2.45, 2.75) is 32.9 Å².